The highest BCUT2D eigenvalue weighted by Crippen LogP contribution is 2.17. The molecule has 78 valence electrons. The molecule has 0 bridgehead atoms. The Balaban J connectivity index is 2.70. The first-order valence-electron chi connectivity index (χ1n) is 4.48. The maximum absolute atomic E-state index is 11.7. The number of carbonyl (C=O) groups excluding carboxylic acids is 1. The second-order valence-corrected chi connectivity index (χ2v) is 4.26. The Bertz CT molecular complexity index is 313. The third-order valence-electron chi connectivity index (χ3n) is 1.98. The lowest BCUT2D eigenvalue weighted by atomic mass is 10.1. The Labute approximate surface area is 91.6 Å². The van der Waals surface area contributed by atoms with Crippen LogP contribution in [0.2, 0.25) is 0 Å². The SMILES string of the molecule is CC(N)CCC(=O)c1c(Br)cnn1C. The van der Waals surface area contributed by atoms with E-state index in [2.05, 4.69) is 21.0 Å². The van der Waals surface area contributed by atoms with Gasteiger partial charge in [-0.25, -0.2) is 0 Å². The number of halogens is 1. The van der Waals surface area contributed by atoms with Gasteiger partial charge in [0.2, 0.25) is 0 Å². The van der Waals surface area contributed by atoms with Crippen molar-refractivity contribution in [3.63, 3.8) is 0 Å². The van der Waals surface area contributed by atoms with Gasteiger partial charge < -0.3 is 5.73 Å². The first-order valence-corrected chi connectivity index (χ1v) is 5.28. The third-order valence-corrected chi connectivity index (χ3v) is 2.57. The van der Waals surface area contributed by atoms with Crippen LogP contribution in [0.5, 0.6) is 0 Å². The van der Waals surface area contributed by atoms with Crippen molar-refractivity contribution in [1.29, 1.82) is 0 Å². The molecule has 0 aliphatic rings. The van der Waals surface area contributed by atoms with Crippen LogP contribution in [0.4, 0.5) is 0 Å². The molecule has 0 aliphatic heterocycles. The molecule has 0 aromatic carbocycles. The topological polar surface area (TPSA) is 60.9 Å². The number of rotatable bonds is 4. The summed E-state index contributed by atoms with van der Waals surface area (Å²) >= 11 is 3.29. The summed E-state index contributed by atoms with van der Waals surface area (Å²) in [6.07, 6.45) is 2.80. The smallest absolute Gasteiger partial charge is 0.182 e. The molecule has 0 saturated heterocycles. The van der Waals surface area contributed by atoms with Crippen molar-refractivity contribution < 1.29 is 4.79 Å². The van der Waals surface area contributed by atoms with Crippen LogP contribution in [0.15, 0.2) is 10.7 Å². The van der Waals surface area contributed by atoms with E-state index in [0.717, 1.165) is 4.47 Å². The minimum atomic E-state index is 0.0611. The first-order chi connectivity index (χ1) is 6.52. The van der Waals surface area contributed by atoms with E-state index in [-0.39, 0.29) is 11.8 Å². The van der Waals surface area contributed by atoms with Crippen LogP contribution >= 0.6 is 15.9 Å². The van der Waals surface area contributed by atoms with Gasteiger partial charge >= 0.3 is 0 Å². The molecule has 1 heterocycles. The summed E-state index contributed by atoms with van der Waals surface area (Å²) in [7, 11) is 1.75. The number of hydrogen-bond donors (Lipinski definition) is 1. The van der Waals surface area contributed by atoms with Gasteiger partial charge in [-0.2, -0.15) is 5.10 Å². The van der Waals surface area contributed by atoms with E-state index in [1.807, 2.05) is 6.92 Å². The highest BCUT2D eigenvalue weighted by Gasteiger charge is 2.15. The Kier molecular flexibility index (Phi) is 3.83. The standard InChI is InChI=1S/C9H14BrN3O/c1-6(11)3-4-8(14)9-7(10)5-12-13(9)2/h5-6H,3-4,11H2,1-2H3. The van der Waals surface area contributed by atoms with Gasteiger partial charge in [-0.1, -0.05) is 0 Å². The molecule has 1 aromatic heterocycles. The van der Waals surface area contributed by atoms with Crippen molar-refractivity contribution in [1.82, 2.24) is 9.78 Å². The molecule has 5 heteroatoms. The third kappa shape index (κ3) is 2.65. The second-order valence-electron chi connectivity index (χ2n) is 3.40. The van der Waals surface area contributed by atoms with Gasteiger partial charge in [0.15, 0.2) is 5.78 Å². The molecule has 0 aliphatic carbocycles. The average molecular weight is 260 g/mol. The van der Waals surface area contributed by atoms with Crippen LogP contribution in [0.1, 0.15) is 30.3 Å². The molecule has 14 heavy (non-hydrogen) atoms. The zero-order valence-electron chi connectivity index (χ0n) is 8.33. The number of hydrogen-bond acceptors (Lipinski definition) is 3. The van der Waals surface area contributed by atoms with Gasteiger partial charge in [0, 0.05) is 19.5 Å². The monoisotopic (exact) mass is 259 g/mol. The summed E-state index contributed by atoms with van der Waals surface area (Å²) in [6, 6.07) is 0.0611. The molecule has 0 spiro atoms. The van der Waals surface area contributed by atoms with E-state index in [1.165, 1.54) is 0 Å². The molecule has 2 N–H and O–H groups in total. The molecular weight excluding hydrogens is 246 g/mol. The molecule has 0 saturated carbocycles. The summed E-state index contributed by atoms with van der Waals surface area (Å²) < 4.78 is 2.32. The Morgan fingerprint density at radius 3 is 2.86 bits per heavy atom. The molecule has 1 aromatic rings. The lowest BCUT2D eigenvalue weighted by molar-refractivity contribution is 0.0968. The van der Waals surface area contributed by atoms with E-state index in [1.54, 1.807) is 17.9 Å². The number of nitrogens with two attached hydrogens (primary N) is 1. The highest BCUT2D eigenvalue weighted by molar-refractivity contribution is 9.10. The van der Waals surface area contributed by atoms with Crippen LogP contribution in [-0.4, -0.2) is 21.6 Å². The predicted molar refractivity (Wildman–Crippen MR) is 58.1 cm³/mol. The lowest BCUT2D eigenvalue weighted by Crippen LogP contribution is -2.17. The van der Waals surface area contributed by atoms with E-state index >= 15 is 0 Å². The largest absolute Gasteiger partial charge is 0.328 e. The number of carbonyl (C=O) groups is 1. The Morgan fingerprint density at radius 2 is 2.43 bits per heavy atom. The quantitative estimate of drug-likeness (QED) is 0.834. The van der Waals surface area contributed by atoms with Gasteiger partial charge in [-0.15, -0.1) is 0 Å². The molecule has 4 nitrogen and oxygen atoms in total. The predicted octanol–water partition coefficient (Wildman–Crippen LogP) is 1.49. The number of Topliss-reactive ketones (excluding diaryl/α,β-unsaturated/α-hetero) is 1. The van der Waals surface area contributed by atoms with E-state index in [4.69, 9.17) is 5.73 Å². The van der Waals surface area contributed by atoms with Crippen molar-refractivity contribution in [2.45, 2.75) is 25.8 Å². The highest BCUT2D eigenvalue weighted by atomic mass is 79.9. The maximum Gasteiger partial charge on any atom is 0.182 e. The molecule has 0 radical (unpaired) electrons. The second kappa shape index (κ2) is 4.70. The van der Waals surface area contributed by atoms with Crippen molar-refractivity contribution in [2.24, 2.45) is 12.8 Å². The average Bonchev–Trinajstić information content (AvgIpc) is 2.42. The van der Waals surface area contributed by atoms with Crippen LogP contribution in [0, 0.1) is 0 Å². The van der Waals surface area contributed by atoms with Gasteiger partial charge in [0.1, 0.15) is 5.69 Å². The van der Waals surface area contributed by atoms with Crippen LogP contribution in [0.3, 0.4) is 0 Å². The molecule has 1 atom stereocenters. The summed E-state index contributed by atoms with van der Waals surface area (Å²) in [5.41, 5.74) is 6.20. The van der Waals surface area contributed by atoms with E-state index in [0.29, 0.717) is 18.5 Å². The normalized spacial score (nSPS) is 12.9. The lowest BCUT2D eigenvalue weighted by Gasteiger charge is -2.04. The minimum absolute atomic E-state index is 0.0611. The molecule has 0 fully saturated rings. The number of aryl methyl sites for hydroxylation is 1. The van der Waals surface area contributed by atoms with Crippen LogP contribution in [0.25, 0.3) is 0 Å². The fourth-order valence-electron chi connectivity index (χ4n) is 1.20. The molecule has 0 amide bonds. The maximum atomic E-state index is 11.7. The summed E-state index contributed by atoms with van der Waals surface area (Å²) in [4.78, 5) is 11.7. The number of aromatic nitrogens is 2. The van der Waals surface area contributed by atoms with E-state index in [9.17, 15) is 4.79 Å². The summed E-state index contributed by atoms with van der Waals surface area (Å²) in [5.74, 6) is 0.0779. The van der Waals surface area contributed by atoms with Gasteiger partial charge in [0.05, 0.1) is 10.7 Å². The Hall–Kier alpha value is -0.680. The van der Waals surface area contributed by atoms with Gasteiger partial charge in [-0.05, 0) is 29.3 Å². The Morgan fingerprint density at radius 1 is 1.79 bits per heavy atom. The van der Waals surface area contributed by atoms with Crippen molar-refractivity contribution in [3.05, 3.63) is 16.4 Å². The van der Waals surface area contributed by atoms with Crippen LogP contribution < -0.4 is 5.73 Å². The fraction of sp³-hybridized carbons (Fsp3) is 0.556. The molecule has 1 rings (SSSR count). The van der Waals surface area contributed by atoms with Gasteiger partial charge in [-0.3, -0.25) is 9.48 Å². The van der Waals surface area contributed by atoms with Crippen LogP contribution in [-0.2, 0) is 7.05 Å². The van der Waals surface area contributed by atoms with E-state index < -0.39 is 0 Å². The van der Waals surface area contributed by atoms with Crippen molar-refractivity contribution >= 4 is 21.7 Å². The minimum Gasteiger partial charge on any atom is -0.328 e. The van der Waals surface area contributed by atoms with Gasteiger partial charge in [0.25, 0.3) is 0 Å². The zero-order valence-corrected chi connectivity index (χ0v) is 9.91. The molecular formula is C9H14BrN3O. The first kappa shape index (κ1) is 11.4. The van der Waals surface area contributed by atoms with Crippen molar-refractivity contribution in [3.8, 4) is 0 Å². The number of nitrogens with zero attached hydrogens (tertiary/aromatic N) is 2. The van der Waals surface area contributed by atoms with Crippen molar-refractivity contribution in [2.75, 3.05) is 0 Å². The summed E-state index contributed by atoms with van der Waals surface area (Å²) in [5, 5.41) is 3.98. The molecule has 1 unspecified atom stereocenters. The summed E-state index contributed by atoms with van der Waals surface area (Å²) in [6.45, 7) is 1.89. The fourth-order valence-corrected chi connectivity index (χ4v) is 1.77. The zero-order chi connectivity index (χ0) is 10.7. The number of ketones is 1.